The highest BCUT2D eigenvalue weighted by Gasteiger charge is 2.21. The normalized spacial score (nSPS) is 12.0. The van der Waals surface area contributed by atoms with Crippen LogP contribution in [0, 0.1) is 11.3 Å². The standard InChI is InChI=1S/C14H17N5O2/c1-9(13(20)17-6-7-21-2)19-11-5-3-4-10(8-15)12(11)18-14(19)16/h3-5,9H,6-7H2,1-2H3,(H2,16,18)(H,17,20). The predicted molar refractivity (Wildman–Crippen MR) is 78.5 cm³/mol. The number of amides is 1. The van der Waals surface area contributed by atoms with Crippen molar-refractivity contribution >= 4 is 22.9 Å². The maximum absolute atomic E-state index is 12.1. The van der Waals surface area contributed by atoms with E-state index in [1.807, 2.05) is 0 Å². The summed E-state index contributed by atoms with van der Waals surface area (Å²) in [7, 11) is 1.57. The van der Waals surface area contributed by atoms with Gasteiger partial charge in [0.05, 0.1) is 17.7 Å². The van der Waals surface area contributed by atoms with Crippen molar-refractivity contribution in [3.8, 4) is 6.07 Å². The summed E-state index contributed by atoms with van der Waals surface area (Å²) in [6.07, 6.45) is 0. The molecule has 3 N–H and O–H groups in total. The summed E-state index contributed by atoms with van der Waals surface area (Å²) in [5, 5.41) is 11.9. The number of hydrogen-bond donors (Lipinski definition) is 2. The van der Waals surface area contributed by atoms with Gasteiger partial charge >= 0.3 is 0 Å². The van der Waals surface area contributed by atoms with Crippen molar-refractivity contribution in [3.63, 3.8) is 0 Å². The summed E-state index contributed by atoms with van der Waals surface area (Å²) in [4.78, 5) is 16.3. The molecule has 1 heterocycles. The van der Waals surface area contributed by atoms with Gasteiger partial charge in [-0.3, -0.25) is 9.36 Å². The van der Waals surface area contributed by atoms with Crippen LogP contribution in [0.15, 0.2) is 18.2 Å². The van der Waals surface area contributed by atoms with Gasteiger partial charge in [0, 0.05) is 13.7 Å². The molecule has 0 saturated heterocycles. The number of ether oxygens (including phenoxy) is 1. The lowest BCUT2D eigenvalue weighted by Crippen LogP contribution is -2.33. The molecule has 2 rings (SSSR count). The first-order chi connectivity index (χ1) is 10.1. The number of carbonyl (C=O) groups excluding carboxylic acids is 1. The van der Waals surface area contributed by atoms with E-state index in [4.69, 9.17) is 15.7 Å². The molecule has 0 saturated carbocycles. The number of nitrogens with zero attached hydrogens (tertiary/aromatic N) is 3. The Balaban J connectivity index is 2.36. The smallest absolute Gasteiger partial charge is 0.242 e. The third-order valence-corrected chi connectivity index (χ3v) is 3.24. The highest BCUT2D eigenvalue weighted by Crippen LogP contribution is 2.25. The molecule has 0 aliphatic carbocycles. The second-order valence-corrected chi connectivity index (χ2v) is 4.58. The summed E-state index contributed by atoms with van der Waals surface area (Å²) < 4.78 is 6.52. The molecule has 7 heteroatoms. The number of aromatic nitrogens is 2. The van der Waals surface area contributed by atoms with E-state index in [0.29, 0.717) is 29.7 Å². The molecule has 1 unspecified atom stereocenters. The fourth-order valence-electron chi connectivity index (χ4n) is 2.17. The van der Waals surface area contributed by atoms with Gasteiger partial charge in [-0.1, -0.05) is 6.07 Å². The van der Waals surface area contributed by atoms with E-state index in [0.717, 1.165) is 0 Å². The van der Waals surface area contributed by atoms with E-state index in [-0.39, 0.29) is 11.9 Å². The van der Waals surface area contributed by atoms with Crippen molar-refractivity contribution in [2.45, 2.75) is 13.0 Å². The molecule has 1 aromatic heterocycles. The fraction of sp³-hybridized carbons (Fsp3) is 0.357. The topological polar surface area (TPSA) is 106 Å². The molecule has 2 aromatic rings. The Kier molecular flexibility index (Phi) is 4.40. The molecule has 0 aliphatic rings. The van der Waals surface area contributed by atoms with E-state index in [2.05, 4.69) is 16.4 Å². The molecule has 1 aromatic carbocycles. The number of hydrogen-bond acceptors (Lipinski definition) is 5. The zero-order valence-electron chi connectivity index (χ0n) is 12.0. The Morgan fingerprint density at radius 2 is 2.38 bits per heavy atom. The average Bonchev–Trinajstić information content (AvgIpc) is 2.82. The van der Waals surface area contributed by atoms with Crippen LogP contribution in [0.2, 0.25) is 0 Å². The van der Waals surface area contributed by atoms with Gasteiger partial charge < -0.3 is 15.8 Å². The number of fused-ring (bicyclic) bond motifs is 1. The zero-order chi connectivity index (χ0) is 15.4. The summed E-state index contributed by atoms with van der Waals surface area (Å²) in [5.74, 6) is 0.0301. The van der Waals surface area contributed by atoms with E-state index < -0.39 is 6.04 Å². The van der Waals surface area contributed by atoms with Crippen LogP contribution in [0.4, 0.5) is 5.95 Å². The van der Waals surface area contributed by atoms with Gasteiger partial charge in [0.1, 0.15) is 17.6 Å². The first-order valence-electron chi connectivity index (χ1n) is 6.53. The summed E-state index contributed by atoms with van der Waals surface area (Å²) >= 11 is 0. The second kappa shape index (κ2) is 6.24. The largest absolute Gasteiger partial charge is 0.383 e. The van der Waals surface area contributed by atoms with Gasteiger partial charge in [-0.05, 0) is 19.1 Å². The van der Waals surface area contributed by atoms with Crippen molar-refractivity contribution in [1.82, 2.24) is 14.9 Å². The SMILES string of the molecule is COCCNC(=O)C(C)n1c(N)nc2c(C#N)cccc21. The van der Waals surface area contributed by atoms with Crippen LogP contribution in [0.1, 0.15) is 18.5 Å². The summed E-state index contributed by atoms with van der Waals surface area (Å²) in [6, 6.07) is 6.75. The van der Waals surface area contributed by atoms with E-state index in [1.54, 1.807) is 36.8 Å². The van der Waals surface area contributed by atoms with E-state index in [1.165, 1.54) is 0 Å². The number of nitriles is 1. The average molecular weight is 287 g/mol. The number of para-hydroxylation sites is 1. The number of nitrogens with one attached hydrogen (secondary N) is 1. The third kappa shape index (κ3) is 2.80. The molecular weight excluding hydrogens is 270 g/mol. The van der Waals surface area contributed by atoms with Gasteiger partial charge in [-0.2, -0.15) is 5.26 Å². The molecule has 21 heavy (non-hydrogen) atoms. The maximum atomic E-state index is 12.1. The monoisotopic (exact) mass is 287 g/mol. The lowest BCUT2D eigenvalue weighted by Gasteiger charge is -2.15. The number of benzene rings is 1. The molecule has 0 radical (unpaired) electrons. The van der Waals surface area contributed by atoms with Crippen LogP contribution in [0.5, 0.6) is 0 Å². The Morgan fingerprint density at radius 1 is 1.62 bits per heavy atom. The second-order valence-electron chi connectivity index (χ2n) is 4.58. The molecular formula is C14H17N5O2. The van der Waals surface area contributed by atoms with Crippen molar-refractivity contribution in [1.29, 1.82) is 5.26 Å². The van der Waals surface area contributed by atoms with Crippen LogP contribution in [-0.2, 0) is 9.53 Å². The van der Waals surface area contributed by atoms with Gasteiger partial charge in [-0.25, -0.2) is 4.98 Å². The van der Waals surface area contributed by atoms with Crippen LogP contribution in [0.3, 0.4) is 0 Å². The van der Waals surface area contributed by atoms with Crippen LogP contribution >= 0.6 is 0 Å². The minimum atomic E-state index is -0.527. The number of rotatable bonds is 5. The maximum Gasteiger partial charge on any atom is 0.242 e. The molecule has 110 valence electrons. The van der Waals surface area contributed by atoms with E-state index in [9.17, 15) is 4.79 Å². The Bertz CT molecular complexity index is 701. The van der Waals surface area contributed by atoms with Crippen molar-refractivity contribution in [3.05, 3.63) is 23.8 Å². The summed E-state index contributed by atoms with van der Waals surface area (Å²) in [5.41, 5.74) is 7.52. The van der Waals surface area contributed by atoms with Crippen LogP contribution < -0.4 is 11.1 Å². The molecule has 0 spiro atoms. The number of carbonyl (C=O) groups is 1. The minimum absolute atomic E-state index is 0.180. The van der Waals surface area contributed by atoms with Gasteiger partial charge in [0.15, 0.2) is 0 Å². The summed E-state index contributed by atoms with van der Waals surface area (Å²) in [6.45, 7) is 2.60. The number of methoxy groups -OCH3 is 1. The highest BCUT2D eigenvalue weighted by molar-refractivity contribution is 5.88. The zero-order valence-corrected chi connectivity index (χ0v) is 12.0. The minimum Gasteiger partial charge on any atom is -0.383 e. The number of anilines is 1. The van der Waals surface area contributed by atoms with Gasteiger partial charge in [0.2, 0.25) is 11.9 Å². The first kappa shape index (κ1) is 14.8. The van der Waals surface area contributed by atoms with Gasteiger partial charge in [-0.15, -0.1) is 0 Å². The quantitative estimate of drug-likeness (QED) is 0.792. The fourth-order valence-corrected chi connectivity index (χ4v) is 2.17. The highest BCUT2D eigenvalue weighted by atomic mass is 16.5. The first-order valence-corrected chi connectivity index (χ1v) is 6.53. The van der Waals surface area contributed by atoms with Crippen LogP contribution in [-0.4, -0.2) is 35.7 Å². The number of nitrogen functional groups attached to an aromatic ring is 1. The Morgan fingerprint density at radius 3 is 3.05 bits per heavy atom. The lowest BCUT2D eigenvalue weighted by atomic mass is 10.2. The molecule has 1 amide bonds. The molecule has 0 bridgehead atoms. The molecule has 7 nitrogen and oxygen atoms in total. The molecule has 0 fully saturated rings. The van der Waals surface area contributed by atoms with E-state index >= 15 is 0 Å². The number of nitrogens with two attached hydrogens (primary N) is 1. The Hall–Kier alpha value is -2.59. The van der Waals surface area contributed by atoms with Crippen molar-refractivity contribution in [2.24, 2.45) is 0 Å². The molecule has 1 atom stereocenters. The third-order valence-electron chi connectivity index (χ3n) is 3.24. The number of imidazole rings is 1. The van der Waals surface area contributed by atoms with Crippen molar-refractivity contribution < 1.29 is 9.53 Å². The predicted octanol–water partition coefficient (Wildman–Crippen LogP) is 0.814. The molecule has 0 aliphatic heterocycles. The van der Waals surface area contributed by atoms with Gasteiger partial charge in [0.25, 0.3) is 0 Å². The van der Waals surface area contributed by atoms with Crippen molar-refractivity contribution in [2.75, 3.05) is 26.0 Å². The van der Waals surface area contributed by atoms with Crippen LogP contribution in [0.25, 0.3) is 11.0 Å². The Labute approximate surface area is 122 Å². The lowest BCUT2D eigenvalue weighted by molar-refractivity contribution is -0.123.